The lowest BCUT2D eigenvalue weighted by molar-refractivity contribution is 1.02. The average Bonchev–Trinajstić information content (AvgIpc) is 2.48. The van der Waals surface area contributed by atoms with Crippen molar-refractivity contribution in [3.63, 3.8) is 0 Å². The van der Waals surface area contributed by atoms with Gasteiger partial charge in [-0.1, -0.05) is 52.3 Å². The number of hydrogen-bond acceptors (Lipinski definition) is 2. The molecular weight excluding hydrogens is 324 g/mol. The summed E-state index contributed by atoms with van der Waals surface area (Å²) >= 11 is 3.60. The standard InChI is InChI=1S/C18H15BrN2/c19-17-10-15(8-14-4-2-1-3-5-14)9-16(11-17)12-18-13-20-6-7-21-18/h1-7,9-11,13H,8,12H2. The molecule has 2 nitrogen and oxygen atoms in total. The molecule has 2 aromatic carbocycles. The first kappa shape index (κ1) is 14.0. The molecule has 1 aromatic heterocycles. The van der Waals surface area contributed by atoms with Crippen LogP contribution in [0, 0.1) is 0 Å². The number of rotatable bonds is 4. The Balaban J connectivity index is 1.83. The average molecular weight is 339 g/mol. The fourth-order valence-corrected chi connectivity index (χ4v) is 2.97. The van der Waals surface area contributed by atoms with Crippen LogP contribution in [0.25, 0.3) is 0 Å². The topological polar surface area (TPSA) is 25.8 Å². The second-order valence-corrected chi connectivity index (χ2v) is 5.92. The summed E-state index contributed by atoms with van der Waals surface area (Å²) in [4.78, 5) is 8.46. The van der Waals surface area contributed by atoms with Crippen LogP contribution in [0.15, 0.2) is 71.6 Å². The maximum atomic E-state index is 4.34. The van der Waals surface area contributed by atoms with Gasteiger partial charge in [-0.15, -0.1) is 0 Å². The highest BCUT2D eigenvalue weighted by atomic mass is 79.9. The zero-order valence-electron chi connectivity index (χ0n) is 11.5. The molecule has 0 saturated heterocycles. The van der Waals surface area contributed by atoms with E-state index in [1.807, 2.05) is 12.3 Å². The van der Waals surface area contributed by atoms with Crippen LogP contribution >= 0.6 is 15.9 Å². The van der Waals surface area contributed by atoms with E-state index in [-0.39, 0.29) is 0 Å². The van der Waals surface area contributed by atoms with Gasteiger partial charge in [0.15, 0.2) is 0 Å². The molecule has 0 spiro atoms. The van der Waals surface area contributed by atoms with E-state index in [4.69, 9.17) is 0 Å². The SMILES string of the molecule is Brc1cc(Cc2ccccc2)cc(Cc2cnccn2)c1. The van der Waals surface area contributed by atoms with Crippen molar-refractivity contribution in [3.05, 3.63) is 94.0 Å². The van der Waals surface area contributed by atoms with Crippen LogP contribution in [0.5, 0.6) is 0 Å². The van der Waals surface area contributed by atoms with Crippen molar-refractivity contribution in [2.75, 3.05) is 0 Å². The Bertz CT molecular complexity index is 652. The Labute approximate surface area is 133 Å². The summed E-state index contributed by atoms with van der Waals surface area (Å²) in [7, 11) is 0. The largest absolute Gasteiger partial charge is 0.261 e. The minimum absolute atomic E-state index is 0.801. The first-order valence-corrected chi connectivity index (χ1v) is 7.66. The van der Waals surface area contributed by atoms with Gasteiger partial charge in [-0.05, 0) is 35.2 Å². The Morgan fingerprint density at radius 1 is 0.810 bits per heavy atom. The fourth-order valence-electron chi connectivity index (χ4n) is 2.38. The van der Waals surface area contributed by atoms with Gasteiger partial charge in [0.2, 0.25) is 0 Å². The zero-order valence-corrected chi connectivity index (χ0v) is 13.1. The molecular formula is C18H15BrN2. The van der Waals surface area contributed by atoms with Crippen LogP contribution in [0.2, 0.25) is 0 Å². The number of aromatic nitrogens is 2. The van der Waals surface area contributed by atoms with Gasteiger partial charge in [0.05, 0.1) is 5.69 Å². The van der Waals surface area contributed by atoms with E-state index in [1.54, 1.807) is 12.4 Å². The Kier molecular flexibility index (Phi) is 4.41. The van der Waals surface area contributed by atoms with Gasteiger partial charge in [-0.2, -0.15) is 0 Å². The molecule has 0 N–H and O–H groups in total. The second kappa shape index (κ2) is 6.64. The van der Waals surface area contributed by atoms with E-state index in [0.29, 0.717) is 0 Å². The highest BCUT2D eigenvalue weighted by Crippen LogP contribution is 2.20. The number of halogens is 1. The highest BCUT2D eigenvalue weighted by Gasteiger charge is 2.03. The fraction of sp³-hybridized carbons (Fsp3) is 0.111. The number of benzene rings is 2. The Morgan fingerprint density at radius 3 is 2.29 bits per heavy atom. The van der Waals surface area contributed by atoms with E-state index in [2.05, 4.69) is 68.4 Å². The molecule has 0 aliphatic rings. The van der Waals surface area contributed by atoms with Crippen LogP contribution in [0.3, 0.4) is 0 Å². The molecule has 21 heavy (non-hydrogen) atoms. The maximum Gasteiger partial charge on any atom is 0.0630 e. The predicted molar refractivity (Wildman–Crippen MR) is 88.2 cm³/mol. The molecule has 0 fully saturated rings. The van der Waals surface area contributed by atoms with Gasteiger partial charge in [-0.25, -0.2) is 0 Å². The smallest absolute Gasteiger partial charge is 0.0630 e. The third-order valence-corrected chi connectivity index (χ3v) is 3.73. The van der Waals surface area contributed by atoms with Crippen molar-refractivity contribution >= 4 is 15.9 Å². The van der Waals surface area contributed by atoms with Crippen molar-refractivity contribution in [3.8, 4) is 0 Å². The van der Waals surface area contributed by atoms with Crippen molar-refractivity contribution in [1.29, 1.82) is 0 Å². The molecule has 3 aromatic rings. The summed E-state index contributed by atoms with van der Waals surface area (Å²) in [5.74, 6) is 0. The van der Waals surface area contributed by atoms with Crippen LogP contribution in [-0.2, 0) is 12.8 Å². The predicted octanol–water partition coefficient (Wildman–Crippen LogP) is 4.42. The van der Waals surface area contributed by atoms with Gasteiger partial charge in [0, 0.05) is 29.5 Å². The van der Waals surface area contributed by atoms with Gasteiger partial charge in [-0.3, -0.25) is 9.97 Å². The number of hydrogen-bond donors (Lipinski definition) is 0. The second-order valence-electron chi connectivity index (χ2n) is 5.00. The molecule has 0 aliphatic heterocycles. The minimum atomic E-state index is 0.801. The summed E-state index contributed by atoms with van der Waals surface area (Å²) in [6, 6.07) is 17.1. The van der Waals surface area contributed by atoms with Crippen LogP contribution < -0.4 is 0 Å². The molecule has 0 saturated carbocycles. The Morgan fingerprint density at radius 2 is 1.57 bits per heavy atom. The van der Waals surface area contributed by atoms with Crippen LogP contribution in [0.4, 0.5) is 0 Å². The molecule has 1 heterocycles. The molecule has 0 unspecified atom stereocenters. The summed E-state index contributed by atoms with van der Waals surface area (Å²) in [5.41, 5.74) is 4.85. The lowest BCUT2D eigenvalue weighted by atomic mass is 10.0. The minimum Gasteiger partial charge on any atom is -0.261 e. The van der Waals surface area contributed by atoms with E-state index in [1.165, 1.54) is 16.7 Å². The van der Waals surface area contributed by atoms with Crippen molar-refractivity contribution in [2.24, 2.45) is 0 Å². The molecule has 0 amide bonds. The van der Waals surface area contributed by atoms with E-state index >= 15 is 0 Å². The number of nitrogens with zero attached hydrogens (tertiary/aromatic N) is 2. The van der Waals surface area contributed by atoms with Crippen molar-refractivity contribution in [1.82, 2.24) is 9.97 Å². The molecule has 3 rings (SSSR count). The van der Waals surface area contributed by atoms with Crippen molar-refractivity contribution in [2.45, 2.75) is 12.8 Å². The first-order valence-electron chi connectivity index (χ1n) is 6.87. The molecule has 104 valence electrons. The lowest BCUT2D eigenvalue weighted by Crippen LogP contribution is -1.95. The van der Waals surface area contributed by atoms with Crippen LogP contribution in [-0.4, -0.2) is 9.97 Å². The molecule has 0 atom stereocenters. The monoisotopic (exact) mass is 338 g/mol. The molecule has 0 aliphatic carbocycles. The molecule has 0 radical (unpaired) electrons. The molecule has 0 bridgehead atoms. The molecule has 3 heteroatoms. The maximum absolute atomic E-state index is 4.34. The van der Waals surface area contributed by atoms with Crippen LogP contribution in [0.1, 0.15) is 22.4 Å². The Hall–Kier alpha value is -2.00. The quantitative estimate of drug-likeness (QED) is 0.703. The van der Waals surface area contributed by atoms with E-state index < -0.39 is 0 Å². The summed E-state index contributed by atoms with van der Waals surface area (Å²) in [6.45, 7) is 0. The van der Waals surface area contributed by atoms with Gasteiger partial charge in [0.1, 0.15) is 0 Å². The van der Waals surface area contributed by atoms with E-state index in [0.717, 1.165) is 23.0 Å². The van der Waals surface area contributed by atoms with Gasteiger partial charge >= 0.3 is 0 Å². The summed E-state index contributed by atoms with van der Waals surface area (Å²) in [5, 5.41) is 0. The zero-order chi connectivity index (χ0) is 14.5. The normalized spacial score (nSPS) is 10.5. The van der Waals surface area contributed by atoms with Gasteiger partial charge in [0.25, 0.3) is 0 Å². The van der Waals surface area contributed by atoms with E-state index in [9.17, 15) is 0 Å². The summed E-state index contributed by atoms with van der Waals surface area (Å²) in [6.07, 6.45) is 6.99. The van der Waals surface area contributed by atoms with Gasteiger partial charge < -0.3 is 0 Å². The first-order chi connectivity index (χ1) is 10.3. The lowest BCUT2D eigenvalue weighted by Gasteiger charge is -2.07. The highest BCUT2D eigenvalue weighted by molar-refractivity contribution is 9.10. The summed E-state index contributed by atoms with van der Waals surface area (Å²) < 4.78 is 1.11. The third kappa shape index (κ3) is 3.99. The third-order valence-electron chi connectivity index (χ3n) is 3.27. The van der Waals surface area contributed by atoms with Crippen molar-refractivity contribution < 1.29 is 0 Å².